The number of sulfonamides is 1. The zero-order chi connectivity index (χ0) is 20.1. The SMILES string of the molecule is COc1ccc(Cl)cc1S(=O)(=O)N1CCC(C(=O)NCc2ccccc2)CC1. The first-order valence-electron chi connectivity index (χ1n) is 9.07. The molecule has 3 rings (SSSR count). The number of benzene rings is 2. The minimum Gasteiger partial charge on any atom is -0.495 e. The van der Waals surface area contributed by atoms with Crippen molar-refractivity contribution < 1.29 is 17.9 Å². The highest BCUT2D eigenvalue weighted by Gasteiger charge is 2.33. The summed E-state index contributed by atoms with van der Waals surface area (Å²) in [6.07, 6.45) is 0.950. The third-order valence-electron chi connectivity index (χ3n) is 4.88. The molecule has 1 N–H and O–H groups in total. The number of nitrogens with zero attached hydrogens (tertiary/aromatic N) is 1. The largest absolute Gasteiger partial charge is 0.495 e. The number of halogens is 1. The molecule has 1 aliphatic heterocycles. The predicted molar refractivity (Wildman–Crippen MR) is 108 cm³/mol. The minimum atomic E-state index is -3.74. The molecule has 0 aromatic heterocycles. The van der Waals surface area contributed by atoms with E-state index in [0.29, 0.717) is 24.4 Å². The van der Waals surface area contributed by atoms with E-state index in [2.05, 4.69) is 5.32 Å². The smallest absolute Gasteiger partial charge is 0.246 e. The number of ether oxygens (including phenoxy) is 1. The fourth-order valence-corrected chi connectivity index (χ4v) is 5.17. The predicted octanol–water partition coefficient (Wildman–Crippen LogP) is 3.07. The number of piperidine rings is 1. The zero-order valence-corrected chi connectivity index (χ0v) is 17.2. The Hall–Kier alpha value is -2.09. The molecular formula is C20H23ClN2O4S. The van der Waals surface area contributed by atoms with E-state index in [1.807, 2.05) is 30.3 Å². The normalized spacial score (nSPS) is 15.9. The van der Waals surface area contributed by atoms with Gasteiger partial charge in [0, 0.05) is 30.6 Å². The maximum absolute atomic E-state index is 13.0. The van der Waals surface area contributed by atoms with Crippen molar-refractivity contribution in [2.45, 2.75) is 24.3 Å². The monoisotopic (exact) mass is 422 g/mol. The standard InChI is InChI=1S/C20H23ClN2O4S/c1-27-18-8-7-17(21)13-19(18)28(25,26)23-11-9-16(10-12-23)20(24)22-14-15-5-3-2-4-6-15/h2-8,13,16H,9-12,14H2,1H3,(H,22,24). The maximum Gasteiger partial charge on any atom is 0.246 e. The van der Waals surface area contributed by atoms with E-state index in [1.165, 1.54) is 17.5 Å². The fraction of sp³-hybridized carbons (Fsp3) is 0.350. The number of hydrogen-bond donors (Lipinski definition) is 1. The molecule has 0 atom stereocenters. The van der Waals surface area contributed by atoms with Crippen LogP contribution in [-0.2, 0) is 21.4 Å². The van der Waals surface area contributed by atoms with Crippen molar-refractivity contribution in [2.24, 2.45) is 5.92 Å². The molecule has 2 aromatic carbocycles. The van der Waals surface area contributed by atoms with Gasteiger partial charge in [-0.05, 0) is 36.6 Å². The van der Waals surface area contributed by atoms with Crippen LogP contribution in [0.25, 0.3) is 0 Å². The maximum atomic E-state index is 13.0. The topological polar surface area (TPSA) is 75.7 Å². The molecule has 1 fully saturated rings. The van der Waals surface area contributed by atoms with Gasteiger partial charge < -0.3 is 10.1 Å². The Balaban J connectivity index is 1.61. The molecule has 8 heteroatoms. The average molecular weight is 423 g/mol. The summed E-state index contributed by atoms with van der Waals surface area (Å²) in [4.78, 5) is 12.5. The van der Waals surface area contributed by atoms with Crippen LogP contribution in [0.4, 0.5) is 0 Å². The van der Waals surface area contributed by atoms with E-state index >= 15 is 0 Å². The molecule has 0 bridgehead atoms. The quantitative estimate of drug-likeness (QED) is 0.776. The molecule has 0 spiro atoms. The summed E-state index contributed by atoms with van der Waals surface area (Å²) in [5, 5.41) is 3.26. The van der Waals surface area contributed by atoms with Crippen LogP contribution in [-0.4, -0.2) is 38.8 Å². The third kappa shape index (κ3) is 4.66. The Kier molecular flexibility index (Phi) is 6.59. The van der Waals surface area contributed by atoms with Gasteiger partial charge in [-0.1, -0.05) is 41.9 Å². The minimum absolute atomic E-state index is 0.0405. The number of carbonyl (C=O) groups is 1. The Morgan fingerprint density at radius 2 is 1.86 bits per heavy atom. The summed E-state index contributed by atoms with van der Waals surface area (Å²) >= 11 is 5.98. The van der Waals surface area contributed by atoms with E-state index in [1.54, 1.807) is 12.1 Å². The summed E-state index contributed by atoms with van der Waals surface area (Å²) in [5.41, 5.74) is 1.03. The molecule has 0 unspecified atom stereocenters. The zero-order valence-electron chi connectivity index (χ0n) is 15.6. The van der Waals surface area contributed by atoms with Gasteiger partial charge in [0.2, 0.25) is 15.9 Å². The van der Waals surface area contributed by atoms with Crippen LogP contribution in [0.3, 0.4) is 0 Å². The highest BCUT2D eigenvalue weighted by molar-refractivity contribution is 7.89. The molecule has 1 amide bonds. The lowest BCUT2D eigenvalue weighted by atomic mass is 9.97. The Morgan fingerprint density at radius 3 is 2.50 bits per heavy atom. The lowest BCUT2D eigenvalue weighted by molar-refractivity contribution is -0.126. The van der Waals surface area contributed by atoms with Crippen molar-refractivity contribution in [1.29, 1.82) is 0 Å². The van der Waals surface area contributed by atoms with E-state index < -0.39 is 10.0 Å². The van der Waals surface area contributed by atoms with Gasteiger partial charge >= 0.3 is 0 Å². The van der Waals surface area contributed by atoms with Crippen LogP contribution in [0.15, 0.2) is 53.4 Å². The first-order chi connectivity index (χ1) is 13.4. The van der Waals surface area contributed by atoms with Crippen LogP contribution in [0.2, 0.25) is 5.02 Å². The first-order valence-corrected chi connectivity index (χ1v) is 10.9. The Bertz CT molecular complexity index is 926. The molecule has 28 heavy (non-hydrogen) atoms. The van der Waals surface area contributed by atoms with E-state index in [-0.39, 0.29) is 35.6 Å². The van der Waals surface area contributed by atoms with Crippen LogP contribution in [0.1, 0.15) is 18.4 Å². The molecule has 1 saturated heterocycles. The number of amides is 1. The van der Waals surface area contributed by atoms with Gasteiger partial charge in [-0.15, -0.1) is 0 Å². The second-order valence-corrected chi connectivity index (χ2v) is 9.02. The van der Waals surface area contributed by atoms with Crippen LogP contribution < -0.4 is 10.1 Å². The Morgan fingerprint density at radius 1 is 1.18 bits per heavy atom. The second kappa shape index (κ2) is 8.94. The van der Waals surface area contributed by atoms with Gasteiger partial charge in [-0.2, -0.15) is 4.31 Å². The summed E-state index contributed by atoms with van der Waals surface area (Å²) < 4.78 is 32.6. The van der Waals surface area contributed by atoms with Crippen molar-refractivity contribution in [3.8, 4) is 5.75 Å². The van der Waals surface area contributed by atoms with Gasteiger partial charge in [0.1, 0.15) is 10.6 Å². The number of methoxy groups -OCH3 is 1. The first kappa shape index (κ1) is 20.6. The van der Waals surface area contributed by atoms with E-state index in [4.69, 9.17) is 16.3 Å². The molecule has 1 heterocycles. The Labute approximate surface area is 170 Å². The number of carbonyl (C=O) groups excluding carboxylic acids is 1. The highest BCUT2D eigenvalue weighted by atomic mass is 35.5. The van der Waals surface area contributed by atoms with Gasteiger partial charge in [0.15, 0.2) is 0 Å². The number of hydrogen-bond acceptors (Lipinski definition) is 4. The summed E-state index contributed by atoms with van der Waals surface area (Å²) in [7, 11) is -2.32. The second-order valence-electron chi connectivity index (χ2n) is 6.68. The van der Waals surface area contributed by atoms with Gasteiger partial charge in [0.05, 0.1) is 7.11 Å². The van der Waals surface area contributed by atoms with Crippen molar-refractivity contribution >= 4 is 27.5 Å². The van der Waals surface area contributed by atoms with Crippen LogP contribution >= 0.6 is 11.6 Å². The molecule has 150 valence electrons. The van der Waals surface area contributed by atoms with Crippen molar-refractivity contribution in [3.63, 3.8) is 0 Å². The third-order valence-corrected chi connectivity index (χ3v) is 7.03. The molecule has 1 aliphatic rings. The highest BCUT2D eigenvalue weighted by Crippen LogP contribution is 2.31. The molecule has 0 radical (unpaired) electrons. The van der Waals surface area contributed by atoms with Gasteiger partial charge in [-0.25, -0.2) is 8.42 Å². The van der Waals surface area contributed by atoms with Crippen molar-refractivity contribution in [1.82, 2.24) is 9.62 Å². The lowest BCUT2D eigenvalue weighted by Gasteiger charge is -2.31. The lowest BCUT2D eigenvalue weighted by Crippen LogP contribution is -2.42. The van der Waals surface area contributed by atoms with Crippen LogP contribution in [0.5, 0.6) is 5.75 Å². The molecule has 2 aromatic rings. The summed E-state index contributed by atoms with van der Waals surface area (Å²) in [6, 6.07) is 14.2. The van der Waals surface area contributed by atoms with Gasteiger partial charge in [0.25, 0.3) is 0 Å². The van der Waals surface area contributed by atoms with Crippen molar-refractivity contribution in [3.05, 3.63) is 59.1 Å². The van der Waals surface area contributed by atoms with E-state index in [0.717, 1.165) is 5.56 Å². The molecule has 0 aliphatic carbocycles. The molecular weight excluding hydrogens is 400 g/mol. The van der Waals surface area contributed by atoms with Gasteiger partial charge in [-0.3, -0.25) is 4.79 Å². The fourth-order valence-electron chi connectivity index (χ4n) is 3.28. The summed E-state index contributed by atoms with van der Waals surface area (Å²) in [5.74, 6) is 0.0183. The number of nitrogens with one attached hydrogen (secondary N) is 1. The molecule has 0 saturated carbocycles. The average Bonchev–Trinajstić information content (AvgIpc) is 2.73. The summed E-state index contributed by atoms with van der Waals surface area (Å²) in [6.45, 7) is 1.03. The number of rotatable bonds is 6. The van der Waals surface area contributed by atoms with Crippen molar-refractivity contribution in [2.75, 3.05) is 20.2 Å². The molecule has 6 nitrogen and oxygen atoms in total. The van der Waals surface area contributed by atoms with Crippen LogP contribution in [0, 0.1) is 5.92 Å². The van der Waals surface area contributed by atoms with E-state index in [9.17, 15) is 13.2 Å².